The van der Waals surface area contributed by atoms with Crippen LogP contribution in [-0.2, 0) is 7.05 Å². The number of aromatic nitrogens is 2. The molecule has 1 atom stereocenters. The molecule has 140 valence electrons. The van der Waals surface area contributed by atoms with Crippen LogP contribution in [-0.4, -0.2) is 9.55 Å². The highest BCUT2D eigenvalue weighted by atomic mass is 35.5. The number of nitrogen functional groups attached to an aromatic ring is 1. The van der Waals surface area contributed by atoms with Crippen LogP contribution < -0.4 is 5.73 Å². The molecule has 0 saturated heterocycles. The lowest BCUT2D eigenvalue weighted by atomic mass is 9.86. The largest absolute Gasteiger partial charge is 0.398 e. The number of rotatable bonds is 4. The van der Waals surface area contributed by atoms with Gasteiger partial charge in [0.05, 0.1) is 12.2 Å². The number of imidazole rings is 1. The van der Waals surface area contributed by atoms with Gasteiger partial charge < -0.3 is 10.3 Å². The summed E-state index contributed by atoms with van der Waals surface area (Å²) in [5, 5.41) is 1.40. The standard InChI is InChI=1S/C23H19Cl2N3/c1-28-14-27-13-22(28)23(15-5-8-18(24)9-6-15)17-7-10-21(26)20(12-17)16-3-2-4-19(25)11-16/h2-14,23H,26H2,1H3. The number of hydrogen-bond acceptors (Lipinski definition) is 2. The molecule has 28 heavy (non-hydrogen) atoms. The van der Waals surface area contributed by atoms with E-state index in [1.807, 2.05) is 66.6 Å². The highest BCUT2D eigenvalue weighted by Crippen LogP contribution is 2.36. The van der Waals surface area contributed by atoms with E-state index in [0.29, 0.717) is 15.7 Å². The van der Waals surface area contributed by atoms with Gasteiger partial charge >= 0.3 is 0 Å². The predicted octanol–water partition coefficient (Wildman–Crippen LogP) is 6.16. The second-order valence-corrected chi connectivity index (χ2v) is 7.64. The minimum atomic E-state index is 0.00306. The molecule has 5 heteroatoms. The number of aryl methyl sites for hydroxylation is 1. The summed E-state index contributed by atoms with van der Waals surface area (Å²) in [6, 6.07) is 21.8. The van der Waals surface area contributed by atoms with Crippen molar-refractivity contribution in [2.45, 2.75) is 5.92 Å². The highest BCUT2D eigenvalue weighted by Gasteiger charge is 2.21. The van der Waals surface area contributed by atoms with Crippen LogP contribution in [0.15, 0.2) is 79.3 Å². The average molecular weight is 408 g/mol. The Hall–Kier alpha value is -2.75. The molecule has 0 radical (unpaired) electrons. The molecule has 0 aliphatic heterocycles. The number of nitrogens with two attached hydrogens (primary N) is 1. The molecule has 0 saturated carbocycles. The first-order valence-corrected chi connectivity index (χ1v) is 9.65. The highest BCUT2D eigenvalue weighted by molar-refractivity contribution is 6.31. The van der Waals surface area contributed by atoms with Gasteiger partial charge in [0.15, 0.2) is 0 Å². The van der Waals surface area contributed by atoms with Crippen molar-refractivity contribution in [2.24, 2.45) is 7.05 Å². The Morgan fingerprint density at radius 3 is 2.32 bits per heavy atom. The molecule has 1 aromatic heterocycles. The molecule has 0 bridgehead atoms. The van der Waals surface area contributed by atoms with Crippen molar-refractivity contribution in [3.8, 4) is 11.1 Å². The van der Waals surface area contributed by atoms with E-state index in [-0.39, 0.29) is 5.92 Å². The molecule has 0 amide bonds. The van der Waals surface area contributed by atoms with Crippen LogP contribution >= 0.6 is 23.2 Å². The predicted molar refractivity (Wildman–Crippen MR) is 117 cm³/mol. The number of nitrogens with zero attached hydrogens (tertiary/aromatic N) is 2. The maximum atomic E-state index is 6.30. The summed E-state index contributed by atoms with van der Waals surface area (Å²) in [6.07, 6.45) is 3.71. The van der Waals surface area contributed by atoms with Gasteiger partial charge in [-0.1, -0.05) is 53.5 Å². The molecular weight excluding hydrogens is 389 g/mol. The first-order chi connectivity index (χ1) is 13.5. The van der Waals surface area contributed by atoms with E-state index < -0.39 is 0 Å². The van der Waals surface area contributed by atoms with E-state index >= 15 is 0 Å². The van der Waals surface area contributed by atoms with Crippen LogP contribution in [0, 0.1) is 0 Å². The molecule has 0 spiro atoms. The van der Waals surface area contributed by atoms with Crippen LogP contribution in [0.4, 0.5) is 5.69 Å². The lowest BCUT2D eigenvalue weighted by Crippen LogP contribution is -2.08. The second-order valence-electron chi connectivity index (χ2n) is 6.77. The van der Waals surface area contributed by atoms with E-state index in [0.717, 1.165) is 27.9 Å². The van der Waals surface area contributed by atoms with Gasteiger partial charge in [-0.15, -0.1) is 0 Å². The van der Waals surface area contributed by atoms with E-state index in [4.69, 9.17) is 28.9 Å². The molecule has 1 unspecified atom stereocenters. The minimum absolute atomic E-state index is 0.00306. The lowest BCUT2D eigenvalue weighted by molar-refractivity contribution is 0.793. The SMILES string of the molecule is Cn1cncc1C(c1ccc(Cl)cc1)c1ccc(N)c(-c2cccc(Cl)c2)c1. The van der Waals surface area contributed by atoms with Crippen molar-refractivity contribution in [3.05, 3.63) is 106 Å². The Kier molecular flexibility index (Phi) is 5.12. The minimum Gasteiger partial charge on any atom is -0.398 e. The molecule has 3 aromatic carbocycles. The molecular formula is C23H19Cl2N3. The lowest BCUT2D eigenvalue weighted by Gasteiger charge is -2.20. The summed E-state index contributed by atoms with van der Waals surface area (Å²) in [7, 11) is 2.00. The van der Waals surface area contributed by atoms with Gasteiger partial charge in [-0.25, -0.2) is 4.98 Å². The van der Waals surface area contributed by atoms with Crippen molar-refractivity contribution in [1.82, 2.24) is 9.55 Å². The zero-order valence-electron chi connectivity index (χ0n) is 15.3. The summed E-state index contributed by atoms with van der Waals surface area (Å²) in [6.45, 7) is 0. The molecule has 0 aliphatic rings. The summed E-state index contributed by atoms with van der Waals surface area (Å²) in [5.41, 5.74) is 12.3. The van der Waals surface area contributed by atoms with Crippen LogP contribution in [0.1, 0.15) is 22.7 Å². The van der Waals surface area contributed by atoms with E-state index in [9.17, 15) is 0 Å². The fourth-order valence-electron chi connectivity index (χ4n) is 3.49. The Labute approximate surface area is 174 Å². The third-order valence-electron chi connectivity index (χ3n) is 4.90. The maximum Gasteiger partial charge on any atom is 0.0945 e. The molecule has 0 fully saturated rings. The Bertz CT molecular complexity index is 1120. The smallest absolute Gasteiger partial charge is 0.0945 e. The fourth-order valence-corrected chi connectivity index (χ4v) is 3.81. The van der Waals surface area contributed by atoms with Gasteiger partial charge in [0.25, 0.3) is 0 Å². The third-order valence-corrected chi connectivity index (χ3v) is 5.39. The van der Waals surface area contributed by atoms with Gasteiger partial charge in [-0.05, 0) is 53.1 Å². The zero-order chi connectivity index (χ0) is 19.7. The number of halogens is 2. The van der Waals surface area contributed by atoms with Crippen molar-refractivity contribution in [1.29, 1.82) is 0 Å². The molecule has 4 rings (SSSR count). The van der Waals surface area contributed by atoms with Crippen LogP contribution in [0.25, 0.3) is 11.1 Å². The van der Waals surface area contributed by atoms with Gasteiger partial charge in [0.1, 0.15) is 0 Å². The van der Waals surface area contributed by atoms with Crippen LogP contribution in [0.3, 0.4) is 0 Å². The number of hydrogen-bond donors (Lipinski definition) is 1. The Morgan fingerprint density at radius 1 is 0.893 bits per heavy atom. The molecule has 1 heterocycles. The zero-order valence-corrected chi connectivity index (χ0v) is 16.8. The van der Waals surface area contributed by atoms with Gasteiger partial charge in [-0.2, -0.15) is 0 Å². The first-order valence-electron chi connectivity index (χ1n) is 8.90. The normalized spacial score (nSPS) is 12.1. The Balaban J connectivity index is 1.89. The summed E-state index contributed by atoms with van der Waals surface area (Å²) in [5.74, 6) is 0.00306. The maximum absolute atomic E-state index is 6.30. The van der Waals surface area contributed by atoms with Crippen molar-refractivity contribution >= 4 is 28.9 Å². The monoisotopic (exact) mass is 407 g/mol. The molecule has 3 nitrogen and oxygen atoms in total. The van der Waals surface area contributed by atoms with Gasteiger partial charge in [-0.3, -0.25) is 0 Å². The molecule has 0 aliphatic carbocycles. The quantitative estimate of drug-likeness (QED) is 0.411. The first kappa shape index (κ1) is 18.6. The van der Waals surface area contributed by atoms with Gasteiger partial charge in [0.2, 0.25) is 0 Å². The van der Waals surface area contributed by atoms with Crippen LogP contribution in [0.2, 0.25) is 10.0 Å². The van der Waals surface area contributed by atoms with Crippen LogP contribution in [0.5, 0.6) is 0 Å². The summed E-state index contributed by atoms with van der Waals surface area (Å²) in [4.78, 5) is 4.32. The van der Waals surface area contributed by atoms with Crippen molar-refractivity contribution in [3.63, 3.8) is 0 Å². The van der Waals surface area contributed by atoms with E-state index in [1.54, 1.807) is 0 Å². The second kappa shape index (κ2) is 7.70. The van der Waals surface area contributed by atoms with E-state index in [2.05, 4.69) is 29.2 Å². The van der Waals surface area contributed by atoms with E-state index in [1.165, 1.54) is 0 Å². The van der Waals surface area contributed by atoms with Gasteiger partial charge in [0, 0.05) is 40.2 Å². The summed E-state index contributed by atoms with van der Waals surface area (Å²) < 4.78 is 2.04. The fraction of sp³-hybridized carbons (Fsp3) is 0.0870. The molecule has 2 N–H and O–H groups in total. The number of anilines is 1. The number of benzene rings is 3. The van der Waals surface area contributed by atoms with Crippen molar-refractivity contribution in [2.75, 3.05) is 5.73 Å². The Morgan fingerprint density at radius 2 is 1.64 bits per heavy atom. The topological polar surface area (TPSA) is 43.8 Å². The molecule has 4 aromatic rings. The summed E-state index contributed by atoms with van der Waals surface area (Å²) >= 11 is 12.3. The van der Waals surface area contributed by atoms with Crippen molar-refractivity contribution < 1.29 is 0 Å². The average Bonchev–Trinajstić information content (AvgIpc) is 3.10. The third kappa shape index (κ3) is 3.64.